The van der Waals surface area contributed by atoms with E-state index in [4.69, 9.17) is 11.6 Å². The van der Waals surface area contributed by atoms with E-state index in [1.54, 1.807) is 26.0 Å². The van der Waals surface area contributed by atoms with Crippen molar-refractivity contribution in [2.45, 2.75) is 32.4 Å². The first-order valence-electron chi connectivity index (χ1n) is 6.98. The van der Waals surface area contributed by atoms with Gasteiger partial charge in [-0.2, -0.15) is 5.10 Å². The number of carbonyl (C=O) groups is 2. The number of aryl methyl sites for hydroxylation is 1. The molecular weight excluding hydrogens is 302 g/mol. The van der Waals surface area contributed by atoms with Crippen molar-refractivity contribution in [2.75, 3.05) is 0 Å². The van der Waals surface area contributed by atoms with Crippen molar-refractivity contribution >= 4 is 23.3 Å². The third-order valence-electron chi connectivity index (χ3n) is 3.84. The summed E-state index contributed by atoms with van der Waals surface area (Å²) in [6, 6.07) is 8.24. The highest BCUT2D eigenvalue weighted by molar-refractivity contribution is 6.30. The van der Waals surface area contributed by atoms with Crippen LogP contribution in [0.15, 0.2) is 30.3 Å². The van der Waals surface area contributed by atoms with Gasteiger partial charge >= 0.3 is 0 Å². The SMILES string of the molecule is Cc1cc(-c2cccc(Cl)c2)nn1C1C(=O)NC(C)(C)C1=O. The summed E-state index contributed by atoms with van der Waals surface area (Å²) >= 11 is 6.00. The topological polar surface area (TPSA) is 64.0 Å². The van der Waals surface area contributed by atoms with Gasteiger partial charge in [0.05, 0.1) is 11.2 Å². The zero-order valence-electron chi connectivity index (χ0n) is 12.6. The molecule has 1 aromatic heterocycles. The largest absolute Gasteiger partial charge is 0.342 e. The smallest absolute Gasteiger partial charge is 0.253 e. The van der Waals surface area contributed by atoms with Gasteiger partial charge in [-0.1, -0.05) is 23.7 Å². The Morgan fingerprint density at radius 3 is 2.59 bits per heavy atom. The molecule has 0 aliphatic carbocycles. The summed E-state index contributed by atoms with van der Waals surface area (Å²) in [5.41, 5.74) is 1.42. The van der Waals surface area contributed by atoms with Gasteiger partial charge in [-0.05, 0) is 39.0 Å². The van der Waals surface area contributed by atoms with E-state index in [1.165, 1.54) is 4.68 Å². The Hall–Kier alpha value is -2.14. The second-order valence-electron chi connectivity index (χ2n) is 6.01. The molecule has 114 valence electrons. The van der Waals surface area contributed by atoms with Crippen LogP contribution in [0.2, 0.25) is 5.02 Å². The highest BCUT2D eigenvalue weighted by atomic mass is 35.5. The number of amides is 1. The minimum Gasteiger partial charge on any atom is -0.342 e. The summed E-state index contributed by atoms with van der Waals surface area (Å²) in [6.07, 6.45) is 0. The fourth-order valence-corrected chi connectivity index (χ4v) is 2.85. The Labute approximate surface area is 133 Å². The van der Waals surface area contributed by atoms with E-state index in [1.807, 2.05) is 25.1 Å². The molecule has 1 saturated heterocycles. The quantitative estimate of drug-likeness (QED) is 0.866. The maximum Gasteiger partial charge on any atom is 0.253 e. The van der Waals surface area contributed by atoms with Gasteiger partial charge in [0, 0.05) is 16.3 Å². The molecule has 0 radical (unpaired) electrons. The molecule has 0 bridgehead atoms. The van der Waals surface area contributed by atoms with E-state index in [2.05, 4.69) is 10.4 Å². The van der Waals surface area contributed by atoms with Crippen molar-refractivity contribution < 1.29 is 9.59 Å². The number of nitrogens with zero attached hydrogens (tertiary/aromatic N) is 2. The molecule has 1 fully saturated rings. The van der Waals surface area contributed by atoms with Crippen LogP contribution >= 0.6 is 11.6 Å². The van der Waals surface area contributed by atoms with Crippen molar-refractivity contribution in [1.29, 1.82) is 0 Å². The minimum absolute atomic E-state index is 0.179. The number of hydrogen-bond donors (Lipinski definition) is 1. The Balaban J connectivity index is 2.04. The lowest BCUT2D eigenvalue weighted by molar-refractivity contribution is -0.127. The second kappa shape index (κ2) is 4.95. The number of ketones is 1. The molecular formula is C16H16ClN3O2. The molecule has 3 rings (SSSR count). The number of rotatable bonds is 2. The first-order chi connectivity index (χ1) is 10.3. The van der Waals surface area contributed by atoms with Crippen molar-refractivity contribution in [2.24, 2.45) is 0 Å². The second-order valence-corrected chi connectivity index (χ2v) is 6.44. The number of nitrogens with one attached hydrogen (secondary N) is 1. The highest BCUT2D eigenvalue weighted by Gasteiger charge is 2.48. The lowest BCUT2D eigenvalue weighted by Gasteiger charge is -2.15. The monoisotopic (exact) mass is 317 g/mol. The van der Waals surface area contributed by atoms with Gasteiger partial charge in [0.15, 0.2) is 11.8 Å². The van der Waals surface area contributed by atoms with Crippen LogP contribution in [0.25, 0.3) is 11.3 Å². The van der Waals surface area contributed by atoms with E-state index in [9.17, 15) is 9.59 Å². The molecule has 1 aliphatic rings. The van der Waals surface area contributed by atoms with Gasteiger partial charge in [-0.25, -0.2) is 4.68 Å². The van der Waals surface area contributed by atoms with Crippen LogP contribution in [0.3, 0.4) is 0 Å². The van der Waals surface area contributed by atoms with Crippen LogP contribution in [0.4, 0.5) is 0 Å². The van der Waals surface area contributed by atoms with Gasteiger partial charge in [-0.15, -0.1) is 0 Å². The summed E-state index contributed by atoms with van der Waals surface area (Å²) < 4.78 is 1.49. The predicted octanol–water partition coefficient (Wildman–Crippen LogP) is 2.53. The molecule has 1 aromatic carbocycles. The fourth-order valence-electron chi connectivity index (χ4n) is 2.66. The molecule has 0 spiro atoms. The summed E-state index contributed by atoms with van der Waals surface area (Å²) in [5.74, 6) is -0.500. The lowest BCUT2D eigenvalue weighted by atomic mass is 9.99. The van der Waals surface area contributed by atoms with Crippen LogP contribution < -0.4 is 5.32 Å². The Morgan fingerprint density at radius 1 is 1.27 bits per heavy atom. The van der Waals surface area contributed by atoms with Crippen LogP contribution in [0, 0.1) is 6.92 Å². The lowest BCUT2D eigenvalue weighted by Crippen LogP contribution is -2.39. The van der Waals surface area contributed by atoms with Crippen LogP contribution in [0.1, 0.15) is 25.6 Å². The van der Waals surface area contributed by atoms with Gasteiger partial charge in [0.2, 0.25) is 0 Å². The Bertz CT molecular complexity index is 779. The number of benzene rings is 1. The van der Waals surface area contributed by atoms with E-state index in [-0.39, 0.29) is 11.7 Å². The number of Topliss-reactive ketones (excluding diaryl/α,β-unsaturated/α-hetero) is 1. The summed E-state index contributed by atoms with van der Waals surface area (Å²) in [5, 5.41) is 7.76. The Morgan fingerprint density at radius 2 is 2.00 bits per heavy atom. The van der Waals surface area contributed by atoms with Crippen molar-refractivity contribution in [3.63, 3.8) is 0 Å². The summed E-state index contributed by atoms with van der Waals surface area (Å²) in [4.78, 5) is 24.6. The number of halogens is 1. The highest BCUT2D eigenvalue weighted by Crippen LogP contribution is 2.28. The zero-order valence-corrected chi connectivity index (χ0v) is 13.3. The number of carbonyl (C=O) groups excluding carboxylic acids is 2. The molecule has 1 amide bonds. The van der Waals surface area contributed by atoms with E-state index in [0.29, 0.717) is 10.7 Å². The van der Waals surface area contributed by atoms with Gasteiger partial charge < -0.3 is 5.32 Å². The Kier molecular flexibility index (Phi) is 3.33. The summed E-state index contributed by atoms with van der Waals surface area (Å²) in [7, 11) is 0. The fraction of sp³-hybridized carbons (Fsp3) is 0.312. The molecule has 22 heavy (non-hydrogen) atoms. The molecule has 1 N–H and O–H groups in total. The molecule has 1 unspecified atom stereocenters. The van der Waals surface area contributed by atoms with Crippen molar-refractivity contribution in [3.8, 4) is 11.3 Å². The van der Waals surface area contributed by atoms with Crippen LogP contribution in [-0.2, 0) is 9.59 Å². The van der Waals surface area contributed by atoms with Crippen LogP contribution in [-0.4, -0.2) is 27.0 Å². The normalized spacial score (nSPS) is 20.3. The summed E-state index contributed by atoms with van der Waals surface area (Å²) in [6.45, 7) is 5.22. The molecule has 1 aliphatic heterocycles. The number of aromatic nitrogens is 2. The average molecular weight is 318 g/mol. The maximum absolute atomic E-state index is 12.4. The minimum atomic E-state index is -0.914. The first kappa shape index (κ1) is 14.8. The van der Waals surface area contributed by atoms with Gasteiger partial charge in [0.25, 0.3) is 5.91 Å². The third-order valence-corrected chi connectivity index (χ3v) is 4.07. The first-order valence-corrected chi connectivity index (χ1v) is 7.36. The molecule has 1 atom stereocenters. The standard InChI is InChI=1S/C16H16ClN3O2/c1-9-7-12(10-5-4-6-11(17)8-10)19-20(9)13-14(21)16(2,3)18-15(13)22/h4-8,13H,1-3H3,(H,18,22). The third kappa shape index (κ3) is 2.31. The molecule has 0 saturated carbocycles. The van der Waals surface area contributed by atoms with E-state index in [0.717, 1.165) is 11.3 Å². The molecule has 6 heteroatoms. The molecule has 5 nitrogen and oxygen atoms in total. The predicted molar refractivity (Wildman–Crippen MR) is 83.7 cm³/mol. The van der Waals surface area contributed by atoms with Gasteiger partial charge in [0.1, 0.15) is 0 Å². The molecule has 2 heterocycles. The van der Waals surface area contributed by atoms with E-state index < -0.39 is 11.6 Å². The van der Waals surface area contributed by atoms with Crippen molar-refractivity contribution in [3.05, 3.63) is 41.0 Å². The average Bonchev–Trinajstić information content (AvgIpc) is 2.89. The maximum atomic E-state index is 12.4. The van der Waals surface area contributed by atoms with Crippen molar-refractivity contribution in [1.82, 2.24) is 15.1 Å². The number of hydrogen-bond acceptors (Lipinski definition) is 3. The van der Waals surface area contributed by atoms with Gasteiger partial charge in [-0.3, -0.25) is 9.59 Å². The van der Waals surface area contributed by atoms with E-state index >= 15 is 0 Å². The van der Waals surface area contributed by atoms with Crippen LogP contribution in [0.5, 0.6) is 0 Å². The molecule has 2 aromatic rings. The zero-order chi connectivity index (χ0) is 16.1.